The van der Waals surface area contributed by atoms with Gasteiger partial charge in [-0.15, -0.1) is 0 Å². The van der Waals surface area contributed by atoms with E-state index in [-0.39, 0.29) is 18.1 Å². The molecule has 12 heteroatoms. The van der Waals surface area contributed by atoms with Gasteiger partial charge in [0.25, 0.3) is 10.0 Å². The van der Waals surface area contributed by atoms with Gasteiger partial charge in [-0.2, -0.15) is 9.57 Å². The van der Waals surface area contributed by atoms with Crippen molar-refractivity contribution in [2.45, 2.75) is 56.8 Å². The zero-order valence-corrected chi connectivity index (χ0v) is 24.1. The van der Waals surface area contributed by atoms with E-state index in [0.29, 0.717) is 31.5 Å². The van der Waals surface area contributed by atoms with Crippen molar-refractivity contribution in [3.05, 3.63) is 71.9 Å². The van der Waals surface area contributed by atoms with E-state index in [0.717, 1.165) is 16.9 Å². The van der Waals surface area contributed by atoms with Gasteiger partial charge < -0.3 is 19.5 Å². The number of pyridine rings is 1. The Morgan fingerprint density at radius 3 is 2.73 bits per heavy atom. The molecule has 0 radical (unpaired) electrons. The number of ether oxygens (including phenoxy) is 1. The van der Waals surface area contributed by atoms with Crippen molar-refractivity contribution < 1.29 is 17.9 Å². The van der Waals surface area contributed by atoms with Crippen LogP contribution in [0.15, 0.2) is 60.1 Å². The number of fused-ring (bicyclic) bond motifs is 1. The number of carbonyl (C=O) groups excluding carboxylic acids is 1. The normalized spacial score (nSPS) is 15.4. The fourth-order valence-corrected chi connectivity index (χ4v) is 6.32. The van der Waals surface area contributed by atoms with Crippen LogP contribution in [0.1, 0.15) is 44.0 Å². The first-order valence-corrected chi connectivity index (χ1v) is 14.5. The van der Waals surface area contributed by atoms with Crippen molar-refractivity contribution in [3.63, 3.8) is 0 Å². The molecule has 0 spiro atoms. The second kappa shape index (κ2) is 12.1. The van der Waals surface area contributed by atoms with Crippen molar-refractivity contribution >= 4 is 21.8 Å². The highest BCUT2D eigenvalue weighted by atomic mass is 32.2. The Balaban J connectivity index is 1.63. The van der Waals surface area contributed by atoms with Crippen LogP contribution in [-0.4, -0.2) is 64.6 Å². The Hall–Kier alpha value is -3.95. The van der Waals surface area contributed by atoms with Crippen LogP contribution in [0.5, 0.6) is 0 Å². The number of aromatic nitrogens is 3. The van der Waals surface area contributed by atoms with E-state index in [1.165, 1.54) is 16.6 Å². The number of nitrogens with one attached hydrogen (secondary N) is 1. The molecule has 1 atom stereocenters. The van der Waals surface area contributed by atoms with Gasteiger partial charge in [-0.05, 0) is 69.5 Å². The van der Waals surface area contributed by atoms with E-state index >= 15 is 0 Å². The molecule has 1 N–H and O–H groups in total. The second-order valence-electron chi connectivity index (χ2n) is 10.8. The molecule has 1 aromatic carbocycles. The first-order valence-electron chi connectivity index (χ1n) is 13.1. The predicted octanol–water partition coefficient (Wildman–Crippen LogP) is 3.22. The van der Waals surface area contributed by atoms with Gasteiger partial charge in [0.1, 0.15) is 5.60 Å². The lowest BCUT2D eigenvalue weighted by atomic mass is 9.95. The van der Waals surface area contributed by atoms with Gasteiger partial charge in [0, 0.05) is 50.8 Å². The maximum atomic E-state index is 13.9. The molecule has 4 rings (SSSR count). The number of nitriles is 1. The fourth-order valence-electron chi connectivity index (χ4n) is 4.73. The highest BCUT2D eigenvalue weighted by Crippen LogP contribution is 2.33. The lowest BCUT2D eigenvalue weighted by Gasteiger charge is -2.40. The third-order valence-electron chi connectivity index (χ3n) is 6.55. The third-order valence-corrected chi connectivity index (χ3v) is 8.42. The summed E-state index contributed by atoms with van der Waals surface area (Å²) in [4.78, 5) is 22.6. The summed E-state index contributed by atoms with van der Waals surface area (Å²) in [6.45, 7) is 6.69. The first-order chi connectivity index (χ1) is 19.0. The van der Waals surface area contributed by atoms with E-state index in [1.807, 2.05) is 23.7 Å². The monoisotopic (exact) mass is 565 g/mol. The maximum absolute atomic E-state index is 13.9. The molecule has 2 aromatic heterocycles. The molecule has 11 nitrogen and oxygen atoms in total. The summed E-state index contributed by atoms with van der Waals surface area (Å²) >= 11 is 0. The van der Waals surface area contributed by atoms with Crippen molar-refractivity contribution in [3.8, 4) is 6.07 Å². The van der Waals surface area contributed by atoms with Gasteiger partial charge in [-0.25, -0.2) is 23.2 Å². The van der Waals surface area contributed by atoms with Crippen LogP contribution < -0.4 is 10.2 Å². The van der Waals surface area contributed by atoms with Crippen LogP contribution in [0.25, 0.3) is 0 Å². The van der Waals surface area contributed by atoms with Crippen LogP contribution in [0.3, 0.4) is 0 Å². The second-order valence-corrected chi connectivity index (χ2v) is 12.6. The van der Waals surface area contributed by atoms with E-state index < -0.39 is 27.8 Å². The molecule has 1 unspecified atom stereocenters. The summed E-state index contributed by atoms with van der Waals surface area (Å²) in [5.41, 5.74) is 2.70. The number of amides is 1. The van der Waals surface area contributed by atoms with Crippen molar-refractivity contribution in [2.75, 3.05) is 24.5 Å². The number of aryl methyl sites for hydroxylation is 1. The predicted molar refractivity (Wildman–Crippen MR) is 150 cm³/mol. The van der Waals surface area contributed by atoms with E-state index in [2.05, 4.69) is 26.3 Å². The van der Waals surface area contributed by atoms with Gasteiger partial charge in [0.15, 0.2) is 5.03 Å². The minimum atomic E-state index is -3.97. The Bertz CT molecular complexity index is 1480. The van der Waals surface area contributed by atoms with Crippen LogP contribution in [0.4, 0.5) is 10.5 Å². The molecule has 0 aliphatic carbocycles. The number of rotatable bonds is 9. The molecule has 1 aliphatic rings. The molecule has 0 fully saturated rings. The lowest BCUT2D eigenvalue weighted by molar-refractivity contribution is 0.0526. The molecule has 1 aliphatic heterocycles. The van der Waals surface area contributed by atoms with E-state index in [9.17, 15) is 18.5 Å². The molecule has 3 aromatic rings. The fraction of sp³-hybridized carbons (Fsp3) is 0.429. The van der Waals surface area contributed by atoms with Crippen molar-refractivity contribution in [2.24, 2.45) is 7.05 Å². The van der Waals surface area contributed by atoms with Crippen molar-refractivity contribution in [1.82, 2.24) is 24.2 Å². The summed E-state index contributed by atoms with van der Waals surface area (Å²) in [5.74, 6) is 0. The minimum absolute atomic E-state index is 0.0372. The van der Waals surface area contributed by atoms with Crippen LogP contribution in [0, 0.1) is 11.3 Å². The average molecular weight is 566 g/mol. The number of carbonyl (C=O) groups is 1. The SMILES string of the molecule is Cn1cncc1CN1CC(N(CCCNC(=O)OC(C)(C)C)S(=O)(=O)c2ccccn2)Cc2cc(C#N)ccc21. The third kappa shape index (κ3) is 6.97. The number of hydrogen-bond acceptors (Lipinski definition) is 8. The maximum Gasteiger partial charge on any atom is 0.407 e. The van der Waals surface area contributed by atoms with Crippen LogP contribution in [0.2, 0.25) is 0 Å². The van der Waals surface area contributed by atoms with Crippen LogP contribution >= 0.6 is 0 Å². The number of benzene rings is 1. The zero-order valence-electron chi connectivity index (χ0n) is 23.2. The van der Waals surface area contributed by atoms with Gasteiger partial charge in [-0.1, -0.05) is 6.07 Å². The number of imidazole rings is 1. The van der Waals surface area contributed by atoms with Gasteiger partial charge in [0.05, 0.1) is 30.2 Å². The summed E-state index contributed by atoms with van der Waals surface area (Å²) in [6, 6.07) is 12.1. The standard InChI is InChI=1S/C28H35N7O4S/c1-28(2,3)39-27(36)32-12-7-13-35(40(37,38)26-8-5-6-11-31-26)23-15-22-14-21(16-29)9-10-25(22)34(18-23)19-24-17-30-20-33(24)4/h5-6,8-11,14,17,20,23H,7,12-13,15,18-19H2,1-4H3,(H,32,36). The van der Waals surface area contributed by atoms with Gasteiger partial charge in [-0.3, -0.25) is 0 Å². The quantitative estimate of drug-likeness (QED) is 0.391. The largest absolute Gasteiger partial charge is 0.444 e. The molecule has 0 saturated heterocycles. The van der Waals surface area contributed by atoms with E-state index in [4.69, 9.17) is 4.74 Å². The topological polar surface area (TPSA) is 133 Å². The number of anilines is 1. The molecular formula is C28H35N7O4S. The number of nitrogens with zero attached hydrogens (tertiary/aromatic N) is 6. The summed E-state index contributed by atoms with van der Waals surface area (Å²) in [7, 11) is -2.06. The highest BCUT2D eigenvalue weighted by Gasteiger charge is 2.37. The summed E-state index contributed by atoms with van der Waals surface area (Å²) in [5, 5.41) is 12.2. The average Bonchev–Trinajstić information content (AvgIpc) is 3.31. The van der Waals surface area contributed by atoms with Crippen molar-refractivity contribution in [1.29, 1.82) is 5.26 Å². The summed E-state index contributed by atoms with van der Waals surface area (Å²) in [6.07, 6.45) is 5.22. The lowest BCUT2D eigenvalue weighted by Crippen LogP contribution is -2.51. The minimum Gasteiger partial charge on any atom is -0.444 e. The number of sulfonamides is 1. The Kier molecular flexibility index (Phi) is 8.76. The molecule has 1 amide bonds. The highest BCUT2D eigenvalue weighted by molar-refractivity contribution is 7.89. The Labute approximate surface area is 235 Å². The molecule has 40 heavy (non-hydrogen) atoms. The number of alkyl carbamates (subject to hydrolysis) is 1. The molecule has 0 bridgehead atoms. The molecule has 212 valence electrons. The molecular weight excluding hydrogens is 530 g/mol. The van der Waals surface area contributed by atoms with Gasteiger partial charge in [0.2, 0.25) is 0 Å². The van der Waals surface area contributed by atoms with Crippen LogP contribution in [-0.2, 0) is 34.8 Å². The Morgan fingerprint density at radius 2 is 2.08 bits per heavy atom. The summed E-state index contributed by atoms with van der Waals surface area (Å²) < 4.78 is 36.6. The number of hydrogen-bond donors (Lipinski definition) is 1. The first kappa shape index (κ1) is 29.0. The zero-order chi connectivity index (χ0) is 28.9. The smallest absolute Gasteiger partial charge is 0.407 e. The van der Waals surface area contributed by atoms with Gasteiger partial charge >= 0.3 is 6.09 Å². The Morgan fingerprint density at radius 1 is 1.27 bits per heavy atom. The van der Waals surface area contributed by atoms with E-state index in [1.54, 1.807) is 51.5 Å². The molecule has 0 saturated carbocycles. The molecule has 3 heterocycles.